The molecule has 1 aliphatic heterocycles. The topological polar surface area (TPSA) is 66.9 Å². The number of benzene rings is 2. The molecule has 0 unspecified atom stereocenters. The maximum atomic E-state index is 12.7. The van der Waals surface area contributed by atoms with Gasteiger partial charge in [-0.25, -0.2) is 0 Å². The van der Waals surface area contributed by atoms with Crippen molar-refractivity contribution in [3.8, 4) is 5.75 Å². The van der Waals surface area contributed by atoms with Crippen molar-refractivity contribution in [3.05, 3.63) is 82.0 Å². The van der Waals surface area contributed by atoms with Crippen molar-refractivity contribution in [1.82, 2.24) is 4.90 Å². The van der Waals surface area contributed by atoms with Crippen LogP contribution in [0.15, 0.2) is 66.0 Å². The molecule has 2 amide bonds. The number of anilines is 1. The van der Waals surface area contributed by atoms with Crippen LogP contribution in [0.1, 0.15) is 38.4 Å². The molecule has 0 radical (unpaired) electrons. The molecule has 1 fully saturated rings. The Balaban J connectivity index is 1.30. The van der Waals surface area contributed by atoms with Gasteiger partial charge in [0, 0.05) is 31.4 Å². The average Bonchev–Trinajstić information content (AvgIpc) is 3.39. The second-order valence-corrected chi connectivity index (χ2v) is 9.14. The van der Waals surface area contributed by atoms with Gasteiger partial charge in [0.1, 0.15) is 5.75 Å². The third-order valence-corrected chi connectivity index (χ3v) is 6.75. The summed E-state index contributed by atoms with van der Waals surface area (Å²) in [6, 6.07) is 18.0. The molecule has 0 saturated carbocycles. The van der Waals surface area contributed by atoms with Crippen molar-refractivity contribution >= 4 is 34.8 Å². The highest BCUT2D eigenvalue weighted by atomic mass is 32.1. The highest BCUT2D eigenvalue weighted by Gasteiger charge is 2.29. The first-order chi connectivity index (χ1) is 15.9. The van der Waals surface area contributed by atoms with E-state index >= 15 is 0 Å². The van der Waals surface area contributed by atoms with Crippen LogP contribution in [-0.4, -0.2) is 42.8 Å². The van der Waals surface area contributed by atoms with Crippen molar-refractivity contribution < 1.29 is 19.1 Å². The summed E-state index contributed by atoms with van der Waals surface area (Å²) in [5, 5.41) is 1.89. The van der Waals surface area contributed by atoms with E-state index in [9.17, 15) is 14.4 Å². The molecule has 0 atom stereocenters. The molecule has 1 saturated heterocycles. The number of amides is 2. The Labute approximate surface area is 197 Å². The Morgan fingerprint density at radius 3 is 2.24 bits per heavy atom. The van der Waals surface area contributed by atoms with Crippen LogP contribution in [0.25, 0.3) is 0 Å². The molecule has 3 aromatic rings. The normalized spacial score (nSPS) is 14.1. The molecule has 0 N–H and O–H groups in total. The van der Waals surface area contributed by atoms with Crippen molar-refractivity contribution in [2.75, 3.05) is 25.0 Å². The number of esters is 1. The molecule has 170 valence electrons. The fourth-order valence-corrected chi connectivity index (χ4v) is 4.51. The smallest absolute Gasteiger partial charge is 0.314 e. The minimum Gasteiger partial charge on any atom is -0.426 e. The number of rotatable bonds is 5. The molecular weight excluding hydrogens is 436 g/mol. The summed E-state index contributed by atoms with van der Waals surface area (Å²) in [5.41, 5.74) is 2.42. The maximum Gasteiger partial charge on any atom is 0.314 e. The molecule has 2 aromatic carbocycles. The van der Waals surface area contributed by atoms with Gasteiger partial charge in [0.15, 0.2) is 0 Å². The van der Waals surface area contributed by atoms with Gasteiger partial charge in [-0.2, -0.15) is 0 Å². The number of hydrogen-bond acceptors (Lipinski definition) is 5. The molecule has 1 aromatic heterocycles. The molecule has 0 aliphatic carbocycles. The van der Waals surface area contributed by atoms with E-state index in [4.69, 9.17) is 4.74 Å². The van der Waals surface area contributed by atoms with E-state index in [1.54, 1.807) is 41.1 Å². The molecule has 0 bridgehead atoms. The van der Waals surface area contributed by atoms with Gasteiger partial charge in [-0.15, -0.1) is 11.3 Å². The molecule has 1 aliphatic rings. The van der Waals surface area contributed by atoms with Gasteiger partial charge >= 0.3 is 5.97 Å². The fourth-order valence-electron chi connectivity index (χ4n) is 3.82. The number of aryl methyl sites for hydroxylation is 1. The van der Waals surface area contributed by atoms with Crippen molar-refractivity contribution in [2.24, 2.45) is 5.92 Å². The number of likely N-dealkylation sites (tertiary alicyclic amines) is 1. The molecule has 2 heterocycles. The summed E-state index contributed by atoms with van der Waals surface area (Å²) >= 11 is 1.43. The summed E-state index contributed by atoms with van der Waals surface area (Å²) in [6.07, 6.45) is 1.17. The van der Waals surface area contributed by atoms with Crippen LogP contribution in [0.3, 0.4) is 0 Å². The summed E-state index contributed by atoms with van der Waals surface area (Å²) in [7, 11) is 1.72. The number of ether oxygens (including phenoxy) is 1. The summed E-state index contributed by atoms with van der Waals surface area (Å²) in [5.74, 6) is -0.157. The van der Waals surface area contributed by atoms with Gasteiger partial charge in [-0.1, -0.05) is 23.8 Å². The molecule has 4 rings (SSSR count). The van der Waals surface area contributed by atoms with E-state index in [0.717, 1.165) is 10.4 Å². The number of carbonyl (C=O) groups excluding carboxylic acids is 3. The van der Waals surface area contributed by atoms with Crippen LogP contribution in [0.5, 0.6) is 5.75 Å². The third kappa shape index (κ3) is 5.31. The van der Waals surface area contributed by atoms with Crippen LogP contribution in [0, 0.1) is 12.8 Å². The number of nitrogens with zero attached hydrogens (tertiary/aromatic N) is 2. The molecular formula is C26H26N2O4S. The second kappa shape index (κ2) is 10.0. The first-order valence-corrected chi connectivity index (χ1v) is 11.8. The second-order valence-electron chi connectivity index (χ2n) is 8.19. The largest absolute Gasteiger partial charge is 0.426 e. The maximum absolute atomic E-state index is 12.7. The lowest BCUT2D eigenvalue weighted by Crippen LogP contribution is -2.40. The highest BCUT2D eigenvalue weighted by molar-refractivity contribution is 7.12. The van der Waals surface area contributed by atoms with Gasteiger partial charge in [-0.3, -0.25) is 14.4 Å². The highest BCUT2D eigenvalue weighted by Crippen LogP contribution is 2.25. The van der Waals surface area contributed by atoms with E-state index in [2.05, 4.69) is 0 Å². The summed E-state index contributed by atoms with van der Waals surface area (Å²) < 4.78 is 5.57. The van der Waals surface area contributed by atoms with Crippen LogP contribution < -0.4 is 9.64 Å². The van der Waals surface area contributed by atoms with Gasteiger partial charge in [0.05, 0.1) is 10.8 Å². The predicted octanol–water partition coefficient (Wildman–Crippen LogP) is 4.79. The standard InChI is InChI=1S/C26H26N2O4S/c1-18-5-7-19(8-6-18)24(29)27(2)21-9-11-22(12-10-21)32-26(31)20-13-15-28(16-14-20)25(30)23-4-3-17-33-23/h3-12,17,20H,13-16H2,1-2H3. The minimum absolute atomic E-state index is 0.0247. The lowest BCUT2D eigenvalue weighted by molar-refractivity contribution is -0.140. The Hall–Kier alpha value is -3.45. The van der Waals surface area contributed by atoms with Crippen LogP contribution in [0.4, 0.5) is 5.69 Å². The SMILES string of the molecule is Cc1ccc(C(=O)N(C)c2ccc(OC(=O)C3CCN(C(=O)c4cccs4)CC3)cc2)cc1. The average molecular weight is 463 g/mol. The molecule has 33 heavy (non-hydrogen) atoms. The van der Waals surface area contributed by atoms with Crippen LogP contribution >= 0.6 is 11.3 Å². The zero-order valence-corrected chi connectivity index (χ0v) is 19.5. The Bertz CT molecular complexity index is 1120. The number of piperidine rings is 1. The van der Waals surface area contributed by atoms with Gasteiger partial charge in [-0.05, 0) is 67.6 Å². The number of carbonyl (C=O) groups is 3. The van der Waals surface area contributed by atoms with E-state index < -0.39 is 0 Å². The van der Waals surface area contributed by atoms with E-state index in [0.29, 0.717) is 42.9 Å². The molecule has 7 heteroatoms. The van der Waals surface area contributed by atoms with Crippen molar-refractivity contribution in [3.63, 3.8) is 0 Å². The zero-order chi connectivity index (χ0) is 23.4. The minimum atomic E-state index is -0.282. The van der Waals surface area contributed by atoms with Gasteiger partial charge < -0.3 is 14.5 Å². The van der Waals surface area contributed by atoms with Gasteiger partial charge in [0.25, 0.3) is 11.8 Å². The first-order valence-electron chi connectivity index (χ1n) is 10.9. The number of hydrogen-bond donors (Lipinski definition) is 0. The third-order valence-electron chi connectivity index (χ3n) is 5.89. The summed E-state index contributed by atoms with van der Waals surface area (Å²) in [4.78, 5) is 41.9. The van der Waals surface area contributed by atoms with E-state index in [1.165, 1.54) is 11.3 Å². The van der Waals surface area contributed by atoms with E-state index in [-0.39, 0.29) is 23.7 Å². The fraction of sp³-hybridized carbons (Fsp3) is 0.269. The zero-order valence-electron chi connectivity index (χ0n) is 18.7. The van der Waals surface area contributed by atoms with Crippen LogP contribution in [-0.2, 0) is 4.79 Å². The quantitative estimate of drug-likeness (QED) is 0.404. The van der Waals surface area contributed by atoms with Crippen LogP contribution in [0.2, 0.25) is 0 Å². The first kappa shape index (κ1) is 22.7. The Morgan fingerprint density at radius 2 is 1.64 bits per heavy atom. The Morgan fingerprint density at radius 1 is 0.970 bits per heavy atom. The van der Waals surface area contributed by atoms with Crippen molar-refractivity contribution in [1.29, 1.82) is 0 Å². The number of thiophene rings is 1. The van der Waals surface area contributed by atoms with Crippen molar-refractivity contribution in [2.45, 2.75) is 19.8 Å². The van der Waals surface area contributed by atoms with Gasteiger partial charge in [0.2, 0.25) is 0 Å². The lowest BCUT2D eigenvalue weighted by Gasteiger charge is -2.30. The Kier molecular flexibility index (Phi) is 6.89. The predicted molar refractivity (Wildman–Crippen MR) is 129 cm³/mol. The summed E-state index contributed by atoms with van der Waals surface area (Å²) in [6.45, 7) is 3.06. The lowest BCUT2D eigenvalue weighted by atomic mass is 9.97. The monoisotopic (exact) mass is 462 g/mol. The molecule has 6 nitrogen and oxygen atoms in total. The van der Waals surface area contributed by atoms with E-state index in [1.807, 2.05) is 48.7 Å². The molecule has 0 spiro atoms.